The van der Waals surface area contributed by atoms with Crippen LogP contribution >= 0.6 is 15.2 Å². The second kappa shape index (κ2) is 5.89. The molecule has 0 aromatic carbocycles. The van der Waals surface area contributed by atoms with Gasteiger partial charge in [-0.2, -0.15) is 0 Å². The second-order valence-corrected chi connectivity index (χ2v) is 7.00. The average molecular weight is 307 g/mol. The lowest BCUT2D eigenvalue weighted by Crippen LogP contribution is -2.44. The van der Waals surface area contributed by atoms with Crippen LogP contribution in [0.25, 0.3) is 0 Å². The van der Waals surface area contributed by atoms with Crippen LogP contribution < -0.4 is 5.32 Å². The Kier molecular flexibility index (Phi) is 5.63. The van der Waals surface area contributed by atoms with E-state index in [0.29, 0.717) is 0 Å². The van der Waals surface area contributed by atoms with Crippen molar-refractivity contribution in [3.63, 3.8) is 0 Å². The van der Waals surface area contributed by atoms with Gasteiger partial charge in [-0.3, -0.25) is 24.0 Å². The van der Waals surface area contributed by atoms with Gasteiger partial charge in [0.2, 0.25) is 5.52 Å². The number of carbonyl (C=O) groups is 2. The van der Waals surface area contributed by atoms with Gasteiger partial charge in [-0.25, -0.2) is 0 Å². The fourth-order valence-electron chi connectivity index (χ4n) is 0.962. The zero-order chi connectivity index (χ0) is 14.7. The molecule has 0 unspecified atom stereocenters. The van der Waals surface area contributed by atoms with E-state index in [1.54, 1.807) is 0 Å². The van der Waals surface area contributed by atoms with Crippen molar-refractivity contribution >= 4 is 27.1 Å². The standard InChI is InChI=1S/C5H11NO10P2/c7-3(8)1-2(4(9)10)6-5(17(11,12)13)18(14,15)16/h2,5-6H,1H2,(H,7,8)(H,9,10)(H2,11,12,13)(H2,14,15,16)/t2-/m0/s1. The molecule has 0 saturated heterocycles. The number of carboxylic acid groups (broad SMARTS) is 2. The molecule has 0 rings (SSSR count). The van der Waals surface area contributed by atoms with Crippen LogP contribution in [-0.2, 0) is 18.7 Å². The normalized spacial score (nSPS) is 14.5. The molecule has 0 aliphatic heterocycles. The van der Waals surface area contributed by atoms with E-state index in [1.807, 2.05) is 0 Å². The fraction of sp³-hybridized carbons (Fsp3) is 0.600. The van der Waals surface area contributed by atoms with Gasteiger partial charge in [-0.15, -0.1) is 0 Å². The number of hydrogen-bond acceptors (Lipinski definition) is 5. The largest absolute Gasteiger partial charge is 0.481 e. The van der Waals surface area contributed by atoms with E-state index >= 15 is 0 Å². The van der Waals surface area contributed by atoms with Gasteiger partial charge in [-0.1, -0.05) is 0 Å². The molecule has 11 nitrogen and oxygen atoms in total. The van der Waals surface area contributed by atoms with Gasteiger partial charge >= 0.3 is 27.1 Å². The van der Waals surface area contributed by atoms with Crippen LogP contribution in [0.5, 0.6) is 0 Å². The van der Waals surface area contributed by atoms with Crippen molar-refractivity contribution in [2.24, 2.45) is 0 Å². The molecule has 18 heavy (non-hydrogen) atoms. The second-order valence-electron chi connectivity index (χ2n) is 3.21. The van der Waals surface area contributed by atoms with E-state index in [-0.39, 0.29) is 0 Å². The van der Waals surface area contributed by atoms with Gasteiger partial charge in [0.25, 0.3) is 0 Å². The Morgan fingerprint density at radius 2 is 1.39 bits per heavy atom. The third-order valence-corrected chi connectivity index (χ3v) is 5.04. The molecule has 0 aliphatic carbocycles. The van der Waals surface area contributed by atoms with Gasteiger partial charge in [0.05, 0.1) is 6.42 Å². The summed E-state index contributed by atoms with van der Waals surface area (Å²) in [5.41, 5.74) is -2.77. The van der Waals surface area contributed by atoms with Crippen molar-refractivity contribution in [1.82, 2.24) is 5.32 Å². The van der Waals surface area contributed by atoms with Gasteiger partial charge in [0.15, 0.2) is 0 Å². The van der Waals surface area contributed by atoms with E-state index in [1.165, 1.54) is 5.32 Å². The Balaban J connectivity index is 5.18. The Morgan fingerprint density at radius 1 is 1.00 bits per heavy atom. The Labute approximate surface area is 99.8 Å². The third-order valence-electron chi connectivity index (χ3n) is 1.66. The first-order valence-corrected chi connectivity index (χ1v) is 7.53. The molecule has 0 aliphatic rings. The summed E-state index contributed by atoms with van der Waals surface area (Å²) >= 11 is 0. The maximum absolute atomic E-state index is 10.8. The average Bonchev–Trinajstić information content (AvgIpc) is 2.06. The maximum atomic E-state index is 10.8. The van der Waals surface area contributed by atoms with Crippen LogP contribution in [-0.4, -0.2) is 53.3 Å². The van der Waals surface area contributed by atoms with E-state index in [9.17, 15) is 18.7 Å². The van der Waals surface area contributed by atoms with Gasteiger partial charge < -0.3 is 29.8 Å². The monoisotopic (exact) mass is 307 g/mol. The van der Waals surface area contributed by atoms with E-state index < -0.39 is 45.1 Å². The number of rotatable bonds is 7. The van der Waals surface area contributed by atoms with Crippen molar-refractivity contribution in [1.29, 1.82) is 0 Å². The molecule has 0 saturated carbocycles. The highest BCUT2D eigenvalue weighted by Gasteiger charge is 2.45. The molecule has 7 N–H and O–H groups in total. The predicted molar refractivity (Wildman–Crippen MR) is 54.7 cm³/mol. The molecule has 13 heteroatoms. The van der Waals surface area contributed by atoms with Crippen molar-refractivity contribution in [3.8, 4) is 0 Å². The molecule has 0 fully saturated rings. The number of nitrogens with one attached hydrogen (secondary N) is 1. The first-order valence-electron chi connectivity index (χ1n) is 4.16. The van der Waals surface area contributed by atoms with Crippen LogP contribution in [0.4, 0.5) is 0 Å². The SMILES string of the molecule is O=C(O)C[C@H](NC(P(=O)(O)O)P(=O)(O)O)C(=O)O. The Hall–Kier alpha value is -0.800. The summed E-state index contributed by atoms with van der Waals surface area (Å²) in [4.78, 5) is 55.7. The number of aliphatic carboxylic acids is 2. The summed E-state index contributed by atoms with van der Waals surface area (Å²) in [6, 6.07) is -2.05. The molecular weight excluding hydrogens is 296 g/mol. The van der Waals surface area contributed by atoms with Crippen LogP contribution in [0.15, 0.2) is 0 Å². The molecule has 0 heterocycles. The predicted octanol–water partition coefficient (Wildman–Crippen LogP) is -1.86. The molecule has 0 amide bonds. The zero-order valence-corrected chi connectivity index (χ0v) is 10.4. The van der Waals surface area contributed by atoms with Crippen molar-refractivity contribution in [2.75, 3.05) is 0 Å². The molecule has 106 valence electrons. The quantitative estimate of drug-likeness (QED) is 0.260. The van der Waals surface area contributed by atoms with Crippen LogP contribution in [0.2, 0.25) is 0 Å². The molecule has 1 atom stereocenters. The van der Waals surface area contributed by atoms with Crippen LogP contribution in [0.3, 0.4) is 0 Å². The molecule has 0 bridgehead atoms. The van der Waals surface area contributed by atoms with E-state index in [2.05, 4.69) is 0 Å². The number of carboxylic acids is 2. The van der Waals surface area contributed by atoms with Crippen molar-refractivity contribution in [3.05, 3.63) is 0 Å². The summed E-state index contributed by atoms with van der Waals surface area (Å²) in [5, 5.41) is 18.4. The number of hydrogen-bond donors (Lipinski definition) is 7. The van der Waals surface area contributed by atoms with Crippen LogP contribution in [0, 0.1) is 0 Å². The van der Waals surface area contributed by atoms with Crippen molar-refractivity contribution < 1.29 is 48.5 Å². The van der Waals surface area contributed by atoms with Crippen molar-refractivity contribution in [2.45, 2.75) is 18.0 Å². The lowest BCUT2D eigenvalue weighted by molar-refractivity contribution is -0.145. The van der Waals surface area contributed by atoms with Gasteiger partial charge in [-0.05, 0) is 0 Å². The zero-order valence-electron chi connectivity index (χ0n) is 8.57. The molecular formula is C5H11NO10P2. The van der Waals surface area contributed by atoms with Gasteiger partial charge in [0, 0.05) is 0 Å². The summed E-state index contributed by atoms with van der Waals surface area (Å²) < 4.78 is 21.6. The topological polar surface area (TPSA) is 202 Å². The van der Waals surface area contributed by atoms with E-state index in [4.69, 9.17) is 29.8 Å². The first-order chi connectivity index (χ1) is 7.85. The van der Waals surface area contributed by atoms with E-state index in [0.717, 1.165) is 0 Å². The van der Waals surface area contributed by atoms with Gasteiger partial charge in [0.1, 0.15) is 6.04 Å². The van der Waals surface area contributed by atoms with Crippen LogP contribution in [0.1, 0.15) is 6.42 Å². The fourth-order valence-corrected chi connectivity index (χ4v) is 3.28. The minimum atomic E-state index is -5.36. The molecule has 0 spiro atoms. The summed E-state index contributed by atoms with van der Waals surface area (Å²) in [5.74, 6) is -3.44. The summed E-state index contributed by atoms with van der Waals surface area (Å²) in [7, 11) is -10.7. The Morgan fingerprint density at radius 3 is 1.61 bits per heavy atom. The lowest BCUT2D eigenvalue weighted by Gasteiger charge is -2.23. The first kappa shape index (κ1) is 17.2. The minimum absolute atomic E-state index is 1.11. The molecule has 0 aromatic rings. The highest BCUT2D eigenvalue weighted by molar-refractivity contribution is 7.70. The lowest BCUT2D eigenvalue weighted by atomic mass is 10.2. The summed E-state index contributed by atoms with van der Waals surface area (Å²) in [6.45, 7) is 0. The highest BCUT2D eigenvalue weighted by Crippen LogP contribution is 2.58. The minimum Gasteiger partial charge on any atom is -0.481 e. The molecule has 0 radical (unpaired) electrons. The third kappa shape index (κ3) is 5.69. The maximum Gasteiger partial charge on any atom is 0.354 e. The smallest absolute Gasteiger partial charge is 0.354 e. The molecule has 0 aromatic heterocycles. The highest BCUT2D eigenvalue weighted by atomic mass is 31.2. The Bertz CT molecular complexity index is 400. The summed E-state index contributed by atoms with van der Waals surface area (Å²) in [6.07, 6.45) is -1.11.